The molecular formula is C13H16N2OS. The third-order valence-electron chi connectivity index (χ3n) is 3.59. The standard InChI is InChI=1S/C13H16N2OS/c16-12-9-17-13(10-4-3-7-14-8-10)15(12)11-5-1-2-6-11/h3-4,7-8,11,13H,1-2,5-6,9H2. The lowest BCUT2D eigenvalue weighted by molar-refractivity contribution is -0.130. The Kier molecular flexibility index (Phi) is 3.05. The first-order chi connectivity index (χ1) is 8.36. The summed E-state index contributed by atoms with van der Waals surface area (Å²) >= 11 is 1.73. The molecule has 0 radical (unpaired) electrons. The molecule has 0 bridgehead atoms. The zero-order chi connectivity index (χ0) is 11.7. The van der Waals surface area contributed by atoms with Gasteiger partial charge in [-0.15, -0.1) is 11.8 Å². The average Bonchev–Trinajstić information content (AvgIpc) is 2.99. The minimum atomic E-state index is 0.194. The van der Waals surface area contributed by atoms with E-state index in [0.29, 0.717) is 17.7 Å². The summed E-state index contributed by atoms with van der Waals surface area (Å²) < 4.78 is 0. The first kappa shape index (κ1) is 11.1. The monoisotopic (exact) mass is 248 g/mol. The Labute approximate surface area is 106 Å². The van der Waals surface area contributed by atoms with Gasteiger partial charge in [-0.25, -0.2) is 0 Å². The molecule has 1 amide bonds. The van der Waals surface area contributed by atoms with Crippen molar-refractivity contribution in [3.63, 3.8) is 0 Å². The molecule has 0 aromatic carbocycles. The number of hydrogen-bond donors (Lipinski definition) is 0. The Morgan fingerprint density at radius 2 is 2.18 bits per heavy atom. The van der Waals surface area contributed by atoms with Crippen LogP contribution in [0.2, 0.25) is 0 Å². The Morgan fingerprint density at radius 1 is 1.35 bits per heavy atom. The van der Waals surface area contributed by atoms with Crippen LogP contribution in [0.3, 0.4) is 0 Å². The molecule has 17 heavy (non-hydrogen) atoms. The largest absolute Gasteiger partial charge is 0.323 e. The van der Waals surface area contributed by atoms with Crippen LogP contribution >= 0.6 is 11.8 Å². The van der Waals surface area contributed by atoms with Gasteiger partial charge < -0.3 is 4.90 Å². The summed E-state index contributed by atoms with van der Waals surface area (Å²) in [6.45, 7) is 0. The molecule has 1 saturated heterocycles. The quantitative estimate of drug-likeness (QED) is 0.806. The van der Waals surface area contributed by atoms with E-state index in [1.807, 2.05) is 12.3 Å². The van der Waals surface area contributed by atoms with Gasteiger partial charge in [0.15, 0.2) is 0 Å². The van der Waals surface area contributed by atoms with E-state index in [1.54, 1.807) is 18.0 Å². The third-order valence-corrected chi connectivity index (χ3v) is 4.82. The number of pyridine rings is 1. The summed E-state index contributed by atoms with van der Waals surface area (Å²) in [5.74, 6) is 0.923. The lowest BCUT2D eigenvalue weighted by atomic mass is 10.1. The molecule has 3 nitrogen and oxygen atoms in total. The van der Waals surface area contributed by atoms with E-state index in [9.17, 15) is 4.79 Å². The summed E-state index contributed by atoms with van der Waals surface area (Å²) in [6, 6.07) is 4.49. The first-order valence-electron chi connectivity index (χ1n) is 6.19. The number of hydrogen-bond acceptors (Lipinski definition) is 3. The van der Waals surface area contributed by atoms with Crippen LogP contribution in [0.5, 0.6) is 0 Å². The van der Waals surface area contributed by atoms with Gasteiger partial charge >= 0.3 is 0 Å². The Bertz CT molecular complexity index is 403. The minimum Gasteiger partial charge on any atom is -0.323 e. The molecular weight excluding hydrogens is 232 g/mol. The van der Waals surface area contributed by atoms with Gasteiger partial charge in [0.1, 0.15) is 5.37 Å². The van der Waals surface area contributed by atoms with E-state index >= 15 is 0 Å². The Balaban J connectivity index is 1.86. The second-order valence-electron chi connectivity index (χ2n) is 4.69. The van der Waals surface area contributed by atoms with Crippen molar-refractivity contribution in [3.8, 4) is 0 Å². The van der Waals surface area contributed by atoms with Crippen LogP contribution in [-0.2, 0) is 4.79 Å². The van der Waals surface area contributed by atoms with E-state index in [1.165, 1.54) is 25.7 Å². The maximum atomic E-state index is 12.0. The van der Waals surface area contributed by atoms with Crippen molar-refractivity contribution in [1.82, 2.24) is 9.88 Å². The van der Waals surface area contributed by atoms with Gasteiger partial charge in [-0.3, -0.25) is 9.78 Å². The van der Waals surface area contributed by atoms with Crippen molar-refractivity contribution in [3.05, 3.63) is 30.1 Å². The number of carbonyl (C=O) groups excluding carboxylic acids is 1. The van der Waals surface area contributed by atoms with Crippen LogP contribution in [0.4, 0.5) is 0 Å². The second-order valence-corrected chi connectivity index (χ2v) is 5.76. The van der Waals surface area contributed by atoms with Gasteiger partial charge in [-0.1, -0.05) is 18.9 Å². The van der Waals surface area contributed by atoms with Crippen molar-refractivity contribution < 1.29 is 4.79 Å². The summed E-state index contributed by atoms with van der Waals surface area (Å²) in [5, 5.41) is 0.194. The molecule has 2 aliphatic rings. The van der Waals surface area contributed by atoms with Crippen molar-refractivity contribution >= 4 is 17.7 Å². The maximum Gasteiger partial charge on any atom is 0.234 e. The fourth-order valence-corrected chi connectivity index (χ4v) is 4.02. The molecule has 1 aromatic rings. The highest BCUT2D eigenvalue weighted by molar-refractivity contribution is 8.00. The van der Waals surface area contributed by atoms with Crippen molar-refractivity contribution in [2.75, 3.05) is 5.75 Å². The average molecular weight is 248 g/mol. The predicted molar refractivity (Wildman–Crippen MR) is 68.5 cm³/mol. The number of rotatable bonds is 2. The van der Waals surface area contributed by atoms with Crippen molar-refractivity contribution in [2.45, 2.75) is 37.1 Å². The number of carbonyl (C=O) groups is 1. The normalized spacial score (nSPS) is 25.8. The molecule has 4 heteroatoms. The fraction of sp³-hybridized carbons (Fsp3) is 0.538. The Hall–Kier alpha value is -1.03. The van der Waals surface area contributed by atoms with Crippen LogP contribution in [-0.4, -0.2) is 27.6 Å². The highest BCUT2D eigenvalue weighted by Gasteiger charge is 2.38. The number of nitrogens with zero attached hydrogens (tertiary/aromatic N) is 2. The molecule has 90 valence electrons. The summed E-state index contributed by atoms with van der Waals surface area (Å²) in [5.41, 5.74) is 1.16. The second kappa shape index (κ2) is 4.69. The molecule has 1 aromatic heterocycles. The van der Waals surface area contributed by atoms with Gasteiger partial charge in [0, 0.05) is 24.0 Å². The molecule has 2 heterocycles. The van der Waals surface area contributed by atoms with Crippen molar-refractivity contribution in [1.29, 1.82) is 0 Å². The van der Waals surface area contributed by atoms with Gasteiger partial charge in [0.2, 0.25) is 5.91 Å². The fourth-order valence-electron chi connectivity index (χ4n) is 2.79. The lowest BCUT2D eigenvalue weighted by Crippen LogP contribution is -2.36. The Morgan fingerprint density at radius 3 is 2.88 bits per heavy atom. The molecule has 1 atom stereocenters. The van der Waals surface area contributed by atoms with E-state index in [0.717, 1.165) is 5.56 Å². The SMILES string of the molecule is O=C1CSC(c2cccnc2)N1C1CCCC1. The number of aromatic nitrogens is 1. The highest BCUT2D eigenvalue weighted by Crippen LogP contribution is 2.42. The van der Waals surface area contributed by atoms with Crippen LogP contribution < -0.4 is 0 Å². The van der Waals surface area contributed by atoms with Gasteiger partial charge in [0.05, 0.1) is 5.75 Å². The summed E-state index contributed by atoms with van der Waals surface area (Å²) in [6.07, 6.45) is 8.53. The van der Waals surface area contributed by atoms with E-state index in [2.05, 4.69) is 16.0 Å². The molecule has 3 rings (SSSR count). The predicted octanol–water partition coefficient (Wildman–Crippen LogP) is 2.60. The topological polar surface area (TPSA) is 33.2 Å². The molecule has 1 unspecified atom stereocenters. The minimum absolute atomic E-state index is 0.194. The van der Waals surface area contributed by atoms with E-state index in [4.69, 9.17) is 0 Å². The zero-order valence-corrected chi connectivity index (χ0v) is 10.5. The van der Waals surface area contributed by atoms with Gasteiger partial charge in [0.25, 0.3) is 0 Å². The first-order valence-corrected chi connectivity index (χ1v) is 7.24. The highest BCUT2D eigenvalue weighted by atomic mass is 32.2. The van der Waals surface area contributed by atoms with Crippen molar-refractivity contribution in [2.24, 2.45) is 0 Å². The van der Waals surface area contributed by atoms with Gasteiger partial charge in [-0.2, -0.15) is 0 Å². The molecule has 1 aliphatic carbocycles. The lowest BCUT2D eigenvalue weighted by Gasteiger charge is -2.29. The molecule has 0 N–H and O–H groups in total. The molecule has 1 saturated carbocycles. The van der Waals surface area contributed by atoms with Crippen LogP contribution in [0.15, 0.2) is 24.5 Å². The van der Waals surface area contributed by atoms with E-state index < -0.39 is 0 Å². The van der Waals surface area contributed by atoms with Gasteiger partial charge in [-0.05, 0) is 18.9 Å². The molecule has 2 fully saturated rings. The third kappa shape index (κ3) is 2.06. The van der Waals surface area contributed by atoms with E-state index in [-0.39, 0.29) is 5.37 Å². The number of amides is 1. The zero-order valence-electron chi connectivity index (χ0n) is 9.71. The number of thioether (sulfide) groups is 1. The summed E-state index contributed by atoms with van der Waals surface area (Å²) in [4.78, 5) is 18.3. The van der Waals surface area contributed by atoms with Crippen LogP contribution in [0.1, 0.15) is 36.6 Å². The molecule has 1 aliphatic heterocycles. The maximum absolute atomic E-state index is 12.0. The molecule has 0 spiro atoms. The van der Waals surface area contributed by atoms with Crippen LogP contribution in [0.25, 0.3) is 0 Å². The summed E-state index contributed by atoms with van der Waals surface area (Å²) in [7, 11) is 0. The smallest absolute Gasteiger partial charge is 0.234 e. The van der Waals surface area contributed by atoms with Crippen LogP contribution in [0, 0.1) is 0 Å².